The van der Waals surface area contributed by atoms with Gasteiger partial charge in [0.05, 0.1) is 38.4 Å². The summed E-state index contributed by atoms with van der Waals surface area (Å²) in [6, 6.07) is 12.9. The van der Waals surface area contributed by atoms with E-state index in [1.165, 1.54) is 36.3 Å². The van der Waals surface area contributed by atoms with E-state index >= 15 is 0 Å². The normalized spacial score (nSPS) is 22.9. The minimum absolute atomic E-state index is 0.203. The van der Waals surface area contributed by atoms with Gasteiger partial charge in [0, 0.05) is 6.54 Å². The van der Waals surface area contributed by atoms with Crippen LogP contribution in [0.15, 0.2) is 36.4 Å². The smallest absolute Gasteiger partial charge is 0.306 e. The molecule has 0 aromatic heterocycles. The van der Waals surface area contributed by atoms with Gasteiger partial charge in [0.25, 0.3) is 0 Å². The molecule has 0 bridgehead atoms. The van der Waals surface area contributed by atoms with Crippen molar-refractivity contribution in [2.45, 2.75) is 64.5 Å². The summed E-state index contributed by atoms with van der Waals surface area (Å²) in [4.78, 5) is 11.4. The zero-order valence-corrected chi connectivity index (χ0v) is 19.9. The number of esters is 1. The van der Waals surface area contributed by atoms with Crippen molar-refractivity contribution in [3.63, 3.8) is 0 Å². The van der Waals surface area contributed by atoms with Gasteiger partial charge in [-0.2, -0.15) is 0 Å². The molecule has 4 rings (SSSR count). The van der Waals surface area contributed by atoms with Crippen molar-refractivity contribution < 1.29 is 19.0 Å². The van der Waals surface area contributed by atoms with E-state index in [0.29, 0.717) is 37.7 Å². The highest BCUT2D eigenvalue weighted by Gasteiger charge is 2.40. The van der Waals surface area contributed by atoms with Crippen LogP contribution in [0.2, 0.25) is 0 Å². The molecule has 2 aromatic rings. The van der Waals surface area contributed by atoms with Crippen molar-refractivity contribution in [3.05, 3.63) is 42.0 Å². The third kappa shape index (κ3) is 5.10. The molecule has 1 N–H and O–H groups in total. The molecule has 2 aromatic carbocycles. The van der Waals surface area contributed by atoms with E-state index < -0.39 is 0 Å². The van der Waals surface area contributed by atoms with Gasteiger partial charge in [0.15, 0.2) is 0 Å². The zero-order valence-electron chi connectivity index (χ0n) is 19.9. The molecule has 2 fully saturated rings. The van der Waals surface area contributed by atoms with Gasteiger partial charge in [-0.15, -0.1) is 0 Å². The van der Waals surface area contributed by atoms with Gasteiger partial charge in [-0.1, -0.05) is 39.0 Å². The second-order valence-electron chi connectivity index (χ2n) is 10.5. The van der Waals surface area contributed by atoms with Gasteiger partial charge in [-0.05, 0) is 71.6 Å². The number of methoxy groups -OCH3 is 1. The molecule has 32 heavy (non-hydrogen) atoms. The highest BCUT2D eigenvalue weighted by Crippen LogP contribution is 2.39. The molecule has 174 valence electrons. The molecule has 1 heterocycles. The third-order valence-electron chi connectivity index (χ3n) is 7.28. The molecule has 5 heteroatoms. The van der Waals surface area contributed by atoms with Gasteiger partial charge in [0.2, 0.25) is 0 Å². The number of hydrogen-bond acceptors (Lipinski definition) is 5. The monoisotopic (exact) mass is 439 g/mol. The molecule has 1 saturated heterocycles. The molecule has 0 unspecified atom stereocenters. The highest BCUT2D eigenvalue weighted by molar-refractivity contribution is 5.84. The maximum Gasteiger partial charge on any atom is 0.306 e. The summed E-state index contributed by atoms with van der Waals surface area (Å²) in [5, 5.41) is 5.88. The fourth-order valence-corrected chi connectivity index (χ4v) is 5.02. The van der Waals surface area contributed by atoms with E-state index in [1.807, 2.05) is 0 Å². The molecule has 1 aliphatic heterocycles. The van der Waals surface area contributed by atoms with Gasteiger partial charge >= 0.3 is 5.97 Å². The van der Waals surface area contributed by atoms with Crippen LogP contribution >= 0.6 is 0 Å². The standard InChI is InChI=1S/C27H37NO4/c1-26(2,3)21-8-11-23(12-9-21)32-24-10-6-19-15-22(7-5-20(19)16-24)27(17-31-18-27)28-14-13-25(29)30-4/h5-7,10,15-16,21,23,28H,8-9,11-14,17-18H2,1-4H3. The fraction of sp³-hybridized carbons (Fsp3) is 0.593. The second kappa shape index (κ2) is 9.40. The Bertz CT molecular complexity index is 936. The second-order valence-corrected chi connectivity index (χ2v) is 10.5. The van der Waals surface area contributed by atoms with Crippen LogP contribution in [0.1, 0.15) is 58.4 Å². The SMILES string of the molecule is COC(=O)CCNC1(c2ccc3cc(OC4CCC(C(C)(C)C)CC4)ccc3c2)COC1. The molecule has 1 aliphatic carbocycles. The molecule has 0 amide bonds. The largest absolute Gasteiger partial charge is 0.490 e. The molecular formula is C27H37NO4. The minimum atomic E-state index is -0.233. The molecule has 0 spiro atoms. The van der Waals surface area contributed by atoms with Crippen LogP contribution in [0.5, 0.6) is 5.75 Å². The van der Waals surface area contributed by atoms with E-state index in [2.05, 4.69) is 62.5 Å². The van der Waals surface area contributed by atoms with E-state index in [4.69, 9.17) is 14.2 Å². The van der Waals surface area contributed by atoms with Crippen molar-refractivity contribution in [3.8, 4) is 5.75 Å². The van der Waals surface area contributed by atoms with Crippen molar-refractivity contribution in [2.24, 2.45) is 11.3 Å². The van der Waals surface area contributed by atoms with Crippen molar-refractivity contribution in [1.29, 1.82) is 0 Å². The molecule has 0 atom stereocenters. The predicted molar refractivity (Wildman–Crippen MR) is 127 cm³/mol. The van der Waals surface area contributed by atoms with E-state index in [0.717, 1.165) is 24.5 Å². The first-order valence-corrected chi connectivity index (χ1v) is 11.9. The topological polar surface area (TPSA) is 56.8 Å². The number of fused-ring (bicyclic) bond motifs is 1. The Labute approximate surface area is 191 Å². The number of benzene rings is 2. The van der Waals surface area contributed by atoms with Gasteiger partial charge < -0.3 is 19.5 Å². The number of rotatable bonds is 7. The lowest BCUT2D eigenvalue weighted by Crippen LogP contribution is -2.57. The Kier molecular flexibility index (Phi) is 6.78. The number of hydrogen-bond donors (Lipinski definition) is 1. The summed E-state index contributed by atoms with van der Waals surface area (Å²) in [5.41, 5.74) is 1.35. The maximum absolute atomic E-state index is 11.4. The van der Waals surface area contributed by atoms with Crippen LogP contribution < -0.4 is 10.1 Å². The van der Waals surface area contributed by atoms with E-state index in [1.54, 1.807) is 0 Å². The van der Waals surface area contributed by atoms with Crippen LogP contribution in [-0.4, -0.2) is 38.9 Å². The van der Waals surface area contributed by atoms with Crippen LogP contribution in [0, 0.1) is 11.3 Å². The number of nitrogens with one attached hydrogen (secondary N) is 1. The molecule has 1 saturated carbocycles. The average Bonchev–Trinajstić information content (AvgIpc) is 2.75. The first-order valence-electron chi connectivity index (χ1n) is 11.9. The molecule has 2 aliphatic rings. The Balaban J connectivity index is 1.41. The van der Waals surface area contributed by atoms with Crippen molar-refractivity contribution in [1.82, 2.24) is 5.32 Å². The van der Waals surface area contributed by atoms with Gasteiger partial charge in [0.1, 0.15) is 5.75 Å². The highest BCUT2D eigenvalue weighted by atomic mass is 16.5. The first-order chi connectivity index (χ1) is 15.3. The minimum Gasteiger partial charge on any atom is -0.490 e. The number of ether oxygens (including phenoxy) is 3. The van der Waals surface area contributed by atoms with E-state index in [9.17, 15) is 4.79 Å². The van der Waals surface area contributed by atoms with Crippen LogP contribution in [0.4, 0.5) is 0 Å². The Morgan fingerprint density at radius 2 is 1.75 bits per heavy atom. The lowest BCUT2D eigenvalue weighted by atomic mass is 9.72. The Morgan fingerprint density at radius 1 is 1.06 bits per heavy atom. The quantitative estimate of drug-likeness (QED) is 0.601. The van der Waals surface area contributed by atoms with Crippen molar-refractivity contribution >= 4 is 16.7 Å². The summed E-state index contributed by atoms with van der Waals surface area (Å²) in [6.45, 7) is 8.84. The van der Waals surface area contributed by atoms with Crippen LogP contribution in [-0.2, 0) is 19.8 Å². The lowest BCUT2D eigenvalue weighted by Gasteiger charge is -2.43. The van der Waals surface area contributed by atoms with Crippen LogP contribution in [0.3, 0.4) is 0 Å². The fourth-order valence-electron chi connectivity index (χ4n) is 5.02. The zero-order chi connectivity index (χ0) is 22.8. The lowest BCUT2D eigenvalue weighted by molar-refractivity contribution is -0.141. The average molecular weight is 440 g/mol. The van der Waals surface area contributed by atoms with Gasteiger partial charge in [-0.25, -0.2) is 0 Å². The maximum atomic E-state index is 11.4. The summed E-state index contributed by atoms with van der Waals surface area (Å²) < 4.78 is 16.6. The van der Waals surface area contributed by atoms with Crippen molar-refractivity contribution in [2.75, 3.05) is 26.9 Å². The van der Waals surface area contributed by atoms with Gasteiger partial charge in [-0.3, -0.25) is 4.79 Å². The summed E-state index contributed by atoms with van der Waals surface area (Å²) in [7, 11) is 1.42. The first kappa shape index (κ1) is 23.1. The Hall–Kier alpha value is -2.11. The number of carbonyl (C=O) groups is 1. The van der Waals surface area contributed by atoms with E-state index in [-0.39, 0.29) is 11.5 Å². The molecular weight excluding hydrogens is 402 g/mol. The van der Waals surface area contributed by atoms with Crippen LogP contribution in [0.25, 0.3) is 10.8 Å². The summed E-state index contributed by atoms with van der Waals surface area (Å²) in [6.07, 6.45) is 5.44. The Morgan fingerprint density at radius 3 is 2.38 bits per heavy atom. The molecule has 0 radical (unpaired) electrons. The summed E-state index contributed by atoms with van der Waals surface area (Å²) in [5.74, 6) is 1.55. The molecule has 5 nitrogen and oxygen atoms in total. The predicted octanol–water partition coefficient (Wildman–Crippen LogP) is 5.20. The summed E-state index contributed by atoms with van der Waals surface area (Å²) >= 11 is 0. The third-order valence-corrected chi connectivity index (χ3v) is 7.28. The number of carbonyl (C=O) groups excluding carboxylic acids is 1.